The Morgan fingerprint density at radius 3 is 2.48 bits per heavy atom. The molecule has 0 aliphatic carbocycles. The van der Waals surface area contributed by atoms with Crippen molar-refractivity contribution in [3.05, 3.63) is 29.6 Å². The molecule has 0 radical (unpaired) electrons. The number of amides is 2. The second-order valence-electron chi connectivity index (χ2n) is 7.36. The number of rotatable bonds is 2. The maximum absolute atomic E-state index is 14.3. The van der Waals surface area contributed by atoms with Gasteiger partial charge in [0.25, 0.3) is 5.91 Å². The molecule has 0 bridgehead atoms. The van der Waals surface area contributed by atoms with E-state index in [2.05, 4.69) is 5.32 Å². The van der Waals surface area contributed by atoms with E-state index in [1.807, 2.05) is 0 Å². The highest BCUT2D eigenvalue weighted by Crippen LogP contribution is 2.29. The fraction of sp³-hybridized carbons (Fsp3) is 0.579. The zero-order valence-corrected chi connectivity index (χ0v) is 14.3. The molecule has 3 saturated heterocycles. The first kappa shape index (κ1) is 16.5. The maximum Gasteiger partial charge on any atom is 0.256 e. The van der Waals surface area contributed by atoms with E-state index < -0.39 is 5.82 Å². The van der Waals surface area contributed by atoms with Crippen molar-refractivity contribution < 1.29 is 14.0 Å². The summed E-state index contributed by atoms with van der Waals surface area (Å²) < 4.78 is 14.3. The Balaban J connectivity index is 1.54. The van der Waals surface area contributed by atoms with Crippen molar-refractivity contribution in [1.82, 2.24) is 10.2 Å². The van der Waals surface area contributed by atoms with Crippen LogP contribution in [0.3, 0.4) is 0 Å². The molecule has 5 nitrogen and oxygen atoms in total. The standard InChI is InChI=1S/C19H24FN3O2/c20-17-4-3-15(23-7-1-2-18(23)24)10-16(17)19(25)22-8-5-13-11-21-12-14(13)6-9-22/h3-4,10,13-14,21H,1-2,5-9,11-12H2/t13-,14+. The third-order valence-corrected chi connectivity index (χ3v) is 5.87. The van der Waals surface area contributed by atoms with E-state index in [0.717, 1.165) is 32.4 Å². The number of hydrogen-bond acceptors (Lipinski definition) is 3. The molecule has 134 valence electrons. The minimum Gasteiger partial charge on any atom is -0.339 e. The third-order valence-electron chi connectivity index (χ3n) is 5.87. The number of nitrogens with one attached hydrogen (secondary N) is 1. The first-order valence-corrected chi connectivity index (χ1v) is 9.23. The van der Waals surface area contributed by atoms with Gasteiger partial charge in [0.15, 0.2) is 0 Å². The molecule has 0 saturated carbocycles. The Bertz CT molecular complexity index is 679. The molecule has 0 spiro atoms. The van der Waals surface area contributed by atoms with Crippen LogP contribution in [-0.2, 0) is 4.79 Å². The number of fused-ring (bicyclic) bond motifs is 1. The van der Waals surface area contributed by atoms with Crippen molar-refractivity contribution in [2.75, 3.05) is 37.6 Å². The lowest BCUT2D eigenvalue weighted by Crippen LogP contribution is -2.33. The summed E-state index contributed by atoms with van der Waals surface area (Å²) in [5, 5.41) is 3.42. The Morgan fingerprint density at radius 1 is 1.12 bits per heavy atom. The summed E-state index contributed by atoms with van der Waals surface area (Å²) in [4.78, 5) is 28.3. The molecule has 2 atom stereocenters. The van der Waals surface area contributed by atoms with Gasteiger partial charge in [-0.1, -0.05) is 0 Å². The molecule has 1 N–H and O–H groups in total. The molecule has 3 aliphatic heterocycles. The normalized spacial score (nSPS) is 26.7. The maximum atomic E-state index is 14.3. The van der Waals surface area contributed by atoms with Crippen LogP contribution in [0.1, 0.15) is 36.0 Å². The molecule has 1 aromatic rings. The van der Waals surface area contributed by atoms with Crippen LogP contribution in [0.25, 0.3) is 0 Å². The minimum atomic E-state index is -0.508. The number of benzene rings is 1. The number of anilines is 1. The molecule has 25 heavy (non-hydrogen) atoms. The summed E-state index contributed by atoms with van der Waals surface area (Å²) in [7, 11) is 0. The average molecular weight is 345 g/mol. The van der Waals surface area contributed by atoms with E-state index in [4.69, 9.17) is 0 Å². The van der Waals surface area contributed by atoms with E-state index in [9.17, 15) is 14.0 Å². The lowest BCUT2D eigenvalue weighted by molar-refractivity contribution is -0.117. The van der Waals surface area contributed by atoms with Crippen LogP contribution in [0.2, 0.25) is 0 Å². The van der Waals surface area contributed by atoms with Gasteiger partial charge in [-0.15, -0.1) is 0 Å². The number of carbonyl (C=O) groups excluding carboxylic acids is 2. The fourth-order valence-corrected chi connectivity index (χ4v) is 4.36. The highest BCUT2D eigenvalue weighted by molar-refractivity contribution is 5.99. The smallest absolute Gasteiger partial charge is 0.256 e. The highest BCUT2D eigenvalue weighted by Gasteiger charge is 2.32. The molecule has 3 heterocycles. The van der Waals surface area contributed by atoms with Crippen LogP contribution >= 0.6 is 0 Å². The second-order valence-corrected chi connectivity index (χ2v) is 7.36. The van der Waals surface area contributed by atoms with E-state index in [1.165, 1.54) is 6.07 Å². The zero-order chi connectivity index (χ0) is 17.4. The lowest BCUT2D eigenvalue weighted by Gasteiger charge is -2.23. The van der Waals surface area contributed by atoms with Gasteiger partial charge in [-0.2, -0.15) is 0 Å². The molecular formula is C19H24FN3O2. The minimum absolute atomic E-state index is 0.0418. The van der Waals surface area contributed by atoms with Crippen LogP contribution in [0, 0.1) is 17.7 Å². The number of likely N-dealkylation sites (tertiary alicyclic amines) is 1. The van der Waals surface area contributed by atoms with Gasteiger partial charge in [0.05, 0.1) is 5.56 Å². The number of nitrogens with zero attached hydrogens (tertiary/aromatic N) is 2. The largest absolute Gasteiger partial charge is 0.339 e. The van der Waals surface area contributed by atoms with Gasteiger partial charge in [-0.05, 0) is 62.4 Å². The van der Waals surface area contributed by atoms with Crippen molar-refractivity contribution in [2.45, 2.75) is 25.7 Å². The van der Waals surface area contributed by atoms with E-state index in [-0.39, 0.29) is 17.4 Å². The molecule has 0 unspecified atom stereocenters. The third kappa shape index (κ3) is 3.15. The molecule has 6 heteroatoms. The molecule has 3 fully saturated rings. The first-order valence-electron chi connectivity index (χ1n) is 9.23. The predicted octanol–water partition coefficient (Wildman–Crippen LogP) is 2.02. The molecule has 4 rings (SSSR count). The quantitative estimate of drug-likeness (QED) is 0.892. The van der Waals surface area contributed by atoms with Gasteiger partial charge in [0, 0.05) is 31.7 Å². The molecule has 1 aromatic carbocycles. The SMILES string of the molecule is O=C(c1cc(N2CCCC2=O)ccc1F)N1CC[C@@H]2CNC[C@@H]2CC1. The van der Waals surface area contributed by atoms with Crippen LogP contribution in [0.5, 0.6) is 0 Å². The summed E-state index contributed by atoms with van der Waals surface area (Å²) in [6, 6.07) is 4.45. The van der Waals surface area contributed by atoms with Crippen molar-refractivity contribution >= 4 is 17.5 Å². The fourth-order valence-electron chi connectivity index (χ4n) is 4.36. The van der Waals surface area contributed by atoms with Crippen LogP contribution < -0.4 is 10.2 Å². The van der Waals surface area contributed by atoms with Gasteiger partial charge < -0.3 is 15.1 Å². The second kappa shape index (κ2) is 6.75. The van der Waals surface area contributed by atoms with E-state index >= 15 is 0 Å². The van der Waals surface area contributed by atoms with Crippen molar-refractivity contribution in [3.8, 4) is 0 Å². The van der Waals surface area contributed by atoms with Gasteiger partial charge >= 0.3 is 0 Å². The van der Waals surface area contributed by atoms with Crippen LogP contribution in [0.15, 0.2) is 18.2 Å². The Morgan fingerprint density at radius 2 is 1.84 bits per heavy atom. The first-order chi connectivity index (χ1) is 12.1. The molecular weight excluding hydrogens is 321 g/mol. The summed E-state index contributed by atoms with van der Waals surface area (Å²) in [5.74, 6) is 0.526. The summed E-state index contributed by atoms with van der Waals surface area (Å²) >= 11 is 0. The van der Waals surface area contributed by atoms with Crippen LogP contribution in [0.4, 0.5) is 10.1 Å². The number of halogens is 1. The monoisotopic (exact) mass is 345 g/mol. The Kier molecular flexibility index (Phi) is 4.46. The van der Waals surface area contributed by atoms with Gasteiger partial charge in [-0.3, -0.25) is 9.59 Å². The lowest BCUT2D eigenvalue weighted by atomic mass is 9.92. The van der Waals surface area contributed by atoms with Crippen LogP contribution in [-0.4, -0.2) is 49.4 Å². The Hall–Kier alpha value is -1.95. The topological polar surface area (TPSA) is 52.7 Å². The van der Waals surface area contributed by atoms with Crippen molar-refractivity contribution in [1.29, 1.82) is 0 Å². The van der Waals surface area contributed by atoms with Crippen molar-refractivity contribution in [3.63, 3.8) is 0 Å². The summed E-state index contributed by atoms with van der Waals surface area (Å²) in [5.41, 5.74) is 0.713. The predicted molar refractivity (Wildman–Crippen MR) is 93.0 cm³/mol. The number of carbonyl (C=O) groups is 2. The zero-order valence-electron chi connectivity index (χ0n) is 14.3. The van der Waals surface area contributed by atoms with Gasteiger partial charge in [-0.25, -0.2) is 4.39 Å². The van der Waals surface area contributed by atoms with E-state index in [1.54, 1.807) is 21.9 Å². The molecule has 2 amide bonds. The molecule has 0 aromatic heterocycles. The highest BCUT2D eigenvalue weighted by atomic mass is 19.1. The number of hydrogen-bond donors (Lipinski definition) is 1. The Labute approximate surface area is 147 Å². The summed E-state index contributed by atoms with van der Waals surface area (Å²) in [6.45, 7) is 4.03. The molecule has 3 aliphatic rings. The van der Waals surface area contributed by atoms with Crippen molar-refractivity contribution in [2.24, 2.45) is 11.8 Å². The van der Waals surface area contributed by atoms with Gasteiger partial charge in [0.2, 0.25) is 5.91 Å². The average Bonchev–Trinajstić information content (AvgIpc) is 3.19. The summed E-state index contributed by atoms with van der Waals surface area (Å²) in [6.07, 6.45) is 3.26. The van der Waals surface area contributed by atoms with Gasteiger partial charge in [0.1, 0.15) is 5.82 Å². The van der Waals surface area contributed by atoms with E-state index in [0.29, 0.717) is 43.6 Å².